The predicted octanol–water partition coefficient (Wildman–Crippen LogP) is 2.30. The third-order valence-electron chi connectivity index (χ3n) is 4.26. The zero-order valence-electron chi connectivity index (χ0n) is 15.2. The second kappa shape index (κ2) is 11.6. The maximum atomic E-state index is 12.2. The lowest BCUT2D eigenvalue weighted by Crippen LogP contribution is -2.35. The van der Waals surface area contributed by atoms with Gasteiger partial charge in [-0.15, -0.1) is 24.8 Å². The average Bonchev–Trinajstić information content (AvgIpc) is 3.16. The average molecular weight is 427 g/mol. The monoisotopic (exact) mass is 426 g/mol. The van der Waals surface area contributed by atoms with Crippen LogP contribution < -0.4 is 16.4 Å². The highest BCUT2D eigenvalue weighted by atomic mass is 35.5. The van der Waals surface area contributed by atoms with E-state index in [-0.39, 0.29) is 42.7 Å². The Bertz CT molecular complexity index is 777. The number of benzene rings is 1. The van der Waals surface area contributed by atoms with Crippen molar-refractivity contribution in [2.24, 2.45) is 5.73 Å². The lowest BCUT2D eigenvalue weighted by Gasteiger charge is -2.13. The van der Waals surface area contributed by atoms with Gasteiger partial charge in [0.2, 0.25) is 5.91 Å². The summed E-state index contributed by atoms with van der Waals surface area (Å²) < 4.78 is 5.59. The van der Waals surface area contributed by atoms with Crippen molar-refractivity contribution < 1.29 is 14.3 Å². The molecular weight excluding hydrogens is 403 g/mol. The Labute approximate surface area is 176 Å². The second-order valence-electron chi connectivity index (χ2n) is 6.17. The van der Waals surface area contributed by atoms with Crippen LogP contribution in [0.2, 0.25) is 0 Å². The Kier molecular flexibility index (Phi) is 9.89. The molecule has 1 aromatic carbocycles. The van der Waals surface area contributed by atoms with Gasteiger partial charge in [0, 0.05) is 36.7 Å². The van der Waals surface area contributed by atoms with Crippen LogP contribution in [0.1, 0.15) is 28.8 Å². The van der Waals surface area contributed by atoms with E-state index in [0.29, 0.717) is 30.8 Å². The number of pyridine rings is 1. The number of hydrogen-bond donors (Lipinski definition) is 3. The van der Waals surface area contributed by atoms with Crippen LogP contribution in [-0.4, -0.2) is 35.6 Å². The Hall–Kier alpha value is -2.19. The van der Waals surface area contributed by atoms with Crippen molar-refractivity contribution in [1.82, 2.24) is 10.3 Å². The molecule has 28 heavy (non-hydrogen) atoms. The first-order valence-corrected chi connectivity index (χ1v) is 8.59. The number of aromatic nitrogens is 1. The maximum absolute atomic E-state index is 12.2. The van der Waals surface area contributed by atoms with Gasteiger partial charge in [0.1, 0.15) is 6.10 Å². The van der Waals surface area contributed by atoms with Crippen molar-refractivity contribution in [3.8, 4) is 0 Å². The number of carbonyl (C=O) groups is 2. The minimum Gasteiger partial charge on any atom is -0.364 e. The fourth-order valence-corrected chi connectivity index (χ4v) is 2.84. The molecule has 0 unspecified atom stereocenters. The molecule has 0 aliphatic carbocycles. The second-order valence-corrected chi connectivity index (χ2v) is 6.17. The Balaban J connectivity index is 0.00000196. The van der Waals surface area contributed by atoms with E-state index >= 15 is 0 Å². The molecule has 9 heteroatoms. The Morgan fingerprint density at radius 2 is 1.89 bits per heavy atom. The summed E-state index contributed by atoms with van der Waals surface area (Å²) in [6, 6.07) is 10.7. The lowest BCUT2D eigenvalue weighted by molar-refractivity contribution is -0.132. The highest BCUT2D eigenvalue weighted by Gasteiger charge is 2.29. The molecule has 2 heterocycles. The van der Waals surface area contributed by atoms with Gasteiger partial charge < -0.3 is 21.1 Å². The van der Waals surface area contributed by atoms with Gasteiger partial charge in [0.25, 0.3) is 5.91 Å². The zero-order chi connectivity index (χ0) is 18.4. The third-order valence-corrected chi connectivity index (χ3v) is 4.26. The maximum Gasteiger partial charge on any atom is 0.255 e. The van der Waals surface area contributed by atoms with Gasteiger partial charge in [-0.1, -0.05) is 12.1 Å². The van der Waals surface area contributed by atoms with Gasteiger partial charge in [-0.3, -0.25) is 14.6 Å². The molecule has 2 amide bonds. The summed E-state index contributed by atoms with van der Waals surface area (Å²) in [5.74, 6) is -0.340. The summed E-state index contributed by atoms with van der Waals surface area (Å²) in [4.78, 5) is 28.3. The van der Waals surface area contributed by atoms with Crippen LogP contribution in [0.15, 0.2) is 48.8 Å². The van der Waals surface area contributed by atoms with Crippen LogP contribution in [0.5, 0.6) is 0 Å². The molecule has 0 saturated carbocycles. The number of ether oxygens (including phenoxy) is 1. The van der Waals surface area contributed by atoms with Crippen molar-refractivity contribution in [2.45, 2.75) is 31.6 Å². The quantitative estimate of drug-likeness (QED) is 0.656. The molecule has 1 aliphatic heterocycles. The van der Waals surface area contributed by atoms with E-state index in [4.69, 9.17) is 10.5 Å². The van der Waals surface area contributed by atoms with E-state index in [1.54, 1.807) is 30.6 Å². The van der Waals surface area contributed by atoms with Crippen molar-refractivity contribution in [1.29, 1.82) is 0 Å². The molecule has 0 radical (unpaired) electrons. The SMILES string of the molecule is Cl.Cl.NC[C@H]1CC[C@@H](C(=O)NCc2cccc(NC(=O)c3ccncc3)c2)O1. The number of nitrogens with two attached hydrogens (primary N) is 1. The van der Waals surface area contributed by atoms with Crippen molar-refractivity contribution in [3.63, 3.8) is 0 Å². The van der Waals surface area contributed by atoms with Crippen molar-refractivity contribution in [2.75, 3.05) is 11.9 Å². The first kappa shape index (κ1) is 23.8. The molecule has 152 valence electrons. The lowest BCUT2D eigenvalue weighted by atomic mass is 10.1. The molecule has 7 nitrogen and oxygen atoms in total. The van der Waals surface area contributed by atoms with Gasteiger partial charge in [-0.05, 0) is 42.7 Å². The molecule has 1 aliphatic rings. The summed E-state index contributed by atoms with van der Waals surface area (Å²) in [6.45, 7) is 0.800. The summed E-state index contributed by atoms with van der Waals surface area (Å²) in [6.07, 6.45) is 4.18. The molecular formula is C19H24Cl2N4O3. The van der Waals surface area contributed by atoms with Gasteiger partial charge in [0.05, 0.1) is 6.10 Å². The minimum atomic E-state index is -0.432. The number of nitrogens with one attached hydrogen (secondary N) is 2. The molecule has 1 fully saturated rings. The molecule has 1 saturated heterocycles. The van der Waals surface area contributed by atoms with E-state index in [0.717, 1.165) is 12.0 Å². The smallest absolute Gasteiger partial charge is 0.255 e. The van der Waals surface area contributed by atoms with Crippen LogP contribution >= 0.6 is 24.8 Å². The fourth-order valence-electron chi connectivity index (χ4n) is 2.84. The number of carbonyl (C=O) groups excluding carboxylic acids is 2. The number of anilines is 1. The van der Waals surface area contributed by atoms with E-state index in [1.807, 2.05) is 18.2 Å². The largest absolute Gasteiger partial charge is 0.364 e. The number of amides is 2. The van der Waals surface area contributed by atoms with E-state index in [2.05, 4.69) is 15.6 Å². The third kappa shape index (κ3) is 6.45. The van der Waals surface area contributed by atoms with Crippen LogP contribution in [0.25, 0.3) is 0 Å². The predicted molar refractivity (Wildman–Crippen MR) is 112 cm³/mol. The summed E-state index contributed by atoms with van der Waals surface area (Å²) in [5, 5.41) is 5.71. The van der Waals surface area contributed by atoms with Gasteiger partial charge in [-0.25, -0.2) is 0 Å². The molecule has 1 aromatic heterocycles. The minimum absolute atomic E-state index is 0. The Morgan fingerprint density at radius 3 is 2.57 bits per heavy atom. The topological polar surface area (TPSA) is 106 Å². The van der Waals surface area contributed by atoms with E-state index in [1.165, 1.54) is 0 Å². The molecule has 0 bridgehead atoms. The summed E-state index contributed by atoms with van der Waals surface area (Å²) in [5.41, 5.74) is 7.65. The standard InChI is InChI=1S/C19H22N4O3.2ClH/c20-11-16-4-5-17(26-16)19(25)22-12-13-2-1-3-15(10-13)23-18(24)14-6-8-21-9-7-14;;/h1-3,6-10,16-17H,4-5,11-12,20H2,(H,22,25)(H,23,24);2*1H/t16-,17+;;/m1../s1. The highest BCUT2D eigenvalue weighted by Crippen LogP contribution is 2.19. The highest BCUT2D eigenvalue weighted by molar-refractivity contribution is 6.04. The van der Waals surface area contributed by atoms with Crippen LogP contribution in [-0.2, 0) is 16.1 Å². The van der Waals surface area contributed by atoms with Gasteiger partial charge in [-0.2, -0.15) is 0 Å². The fraction of sp³-hybridized carbons (Fsp3) is 0.316. The number of rotatable bonds is 6. The van der Waals surface area contributed by atoms with Gasteiger partial charge in [0.15, 0.2) is 0 Å². The van der Waals surface area contributed by atoms with Crippen LogP contribution in [0, 0.1) is 0 Å². The zero-order valence-corrected chi connectivity index (χ0v) is 16.8. The normalized spacial score (nSPS) is 17.8. The van der Waals surface area contributed by atoms with Crippen LogP contribution in [0.4, 0.5) is 5.69 Å². The number of hydrogen-bond acceptors (Lipinski definition) is 5. The van der Waals surface area contributed by atoms with Crippen molar-refractivity contribution >= 4 is 42.3 Å². The summed E-state index contributed by atoms with van der Waals surface area (Å²) in [7, 11) is 0. The van der Waals surface area contributed by atoms with Crippen LogP contribution in [0.3, 0.4) is 0 Å². The first-order chi connectivity index (χ1) is 12.7. The summed E-state index contributed by atoms with van der Waals surface area (Å²) >= 11 is 0. The van der Waals surface area contributed by atoms with Gasteiger partial charge >= 0.3 is 0 Å². The van der Waals surface area contributed by atoms with E-state index < -0.39 is 6.10 Å². The van der Waals surface area contributed by atoms with E-state index in [9.17, 15) is 9.59 Å². The molecule has 0 spiro atoms. The first-order valence-electron chi connectivity index (χ1n) is 8.59. The number of nitrogens with zero attached hydrogens (tertiary/aromatic N) is 1. The number of halogens is 2. The molecule has 3 rings (SSSR count). The van der Waals surface area contributed by atoms with Crippen molar-refractivity contribution in [3.05, 3.63) is 59.9 Å². The molecule has 2 atom stereocenters. The Morgan fingerprint density at radius 1 is 1.14 bits per heavy atom. The molecule has 2 aromatic rings. The molecule has 4 N–H and O–H groups in total.